The second-order valence-corrected chi connectivity index (χ2v) is 6.19. The fourth-order valence-electron chi connectivity index (χ4n) is 2.25. The van der Waals surface area contributed by atoms with Crippen molar-refractivity contribution >= 4 is 23.1 Å². The molecular weight excluding hydrogens is 294 g/mol. The van der Waals surface area contributed by atoms with Gasteiger partial charge in [-0.3, -0.25) is 4.68 Å². The number of nitrogens with zero attached hydrogens (tertiary/aromatic N) is 4. The lowest BCUT2D eigenvalue weighted by atomic mass is 10.0. The average Bonchev–Trinajstić information content (AvgIpc) is 3.01. The van der Waals surface area contributed by atoms with Crippen molar-refractivity contribution in [1.82, 2.24) is 24.7 Å². The second-order valence-electron chi connectivity index (χ2n) is 5.00. The summed E-state index contributed by atoms with van der Waals surface area (Å²) in [5, 5.41) is 12.6. The first-order valence-corrected chi connectivity index (χ1v) is 7.95. The SMILES string of the molecule is CCCn1ncc(Cl)c1C(NC)c1snnc1C(C)C. The van der Waals surface area contributed by atoms with Crippen LogP contribution in [0, 0.1) is 0 Å². The Morgan fingerprint density at radius 2 is 2.20 bits per heavy atom. The van der Waals surface area contributed by atoms with Gasteiger partial charge in [0.05, 0.1) is 33.5 Å². The van der Waals surface area contributed by atoms with Gasteiger partial charge >= 0.3 is 0 Å². The lowest BCUT2D eigenvalue weighted by Gasteiger charge is -2.18. The van der Waals surface area contributed by atoms with Crippen LogP contribution in [0.15, 0.2) is 6.20 Å². The molecule has 2 aromatic rings. The monoisotopic (exact) mass is 313 g/mol. The Bertz CT molecular complexity index is 563. The average molecular weight is 314 g/mol. The molecular formula is C13H20ClN5S. The van der Waals surface area contributed by atoms with E-state index in [1.807, 2.05) is 11.7 Å². The molecule has 1 N–H and O–H groups in total. The minimum atomic E-state index is -0.0195. The fraction of sp³-hybridized carbons (Fsp3) is 0.615. The van der Waals surface area contributed by atoms with Crippen LogP contribution < -0.4 is 5.32 Å². The van der Waals surface area contributed by atoms with Gasteiger partial charge in [-0.2, -0.15) is 5.10 Å². The molecule has 20 heavy (non-hydrogen) atoms. The normalized spacial score (nSPS) is 13.1. The van der Waals surface area contributed by atoms with Gasteiger partial charge in [0.25, 0.3) is 0 Å². The number of rotatable bonds is 6. The van der Waals surface area contributed by atoms with E-state index in [0.29, 0.717) is 10.9 Å². The number of hydrogen-bond donors (Lipinski definition) is 1. The van der Waals surface area contributed by atoms with Crippen LogP contribution in [-0.2, 0) is 6.54 Å². The van der Waals surface area contributed by atoms with Crippen molar-refractivity contribution in [3.63, 3.8) is 0 Å². The van der Waals surface area contributed by atoms with E-state index in [4.69, 9.17) is 11.6 Å². The van der Waals surface area contributed by atoms with Crippen molar-refractivity contribution in [1.29, 1.82) is 0 Å². The highest BCUT2D eigenvalue weighted by atomic mass is 35.5. The predicted octanol–water partition coefficient (Wildman–Crippen LogP) is 3.23. The quantitative estimate of drug-likeness (QED) is 0.889. The number of aromatic nitrogens is 4. The molecule has 0 spiro atoms. The van der Waals surface area contributed by atoms with Gasteiger partial charge in [-0.15, -0.1) is 5.10 Å². The second kappa shape index (κ2) is 6.65. The maximum atomic E-state index is 6.34. The standard InChI is InChI=1S/C13H20ClN5S/c1-5-6-19-12(9(14)7-16-19)11(15-4)13-10(8(2)3)17-18-20-13/h7-8,11,15H,5-6H2,1-4H3. The zero-order valence-corrected chi connectivity index (χ0v) is 13.8. The third-order valence-electron chi connectivity index (χ3n) is 3.18. The van der Waals surface area contributed by atoms with Crippen molar-refractivity contribution < 1.29 is 0 Å². The predicted molar refractivity (Wildman–Crippen MR) is 82.4 cm³/mol. The fourth-order valence-corrected chi connectivity index (χ4v) is 3.42. The van der Waals surface area contributed by atoms with E-state index in [-0.39, 0.29) is 6.04 Å². The Labute approximate surface area is 128 Å². The van der Waals surface area contributed by atoms with Gasteiger partial charge in [-0.05, 0) is 30.9 Å². The van der Waals surface area contributed by atoms with E-state index >= 15 is 0 Å². The van der Waals surface area contributed by atoms with Crippen molar-refractivity contribution in [2.75, 3.05) is 7.05 Å². The summed E-state index contributed by atoms with van der Waals surface area (Å²) in [6, 6.07) is -0.0195. The van der Waals surface area contributed by atoms with Crippen molar-refractivity contribution in [3.05, 3.63) is 27.5 Å². The van der Waals surface area contributed by atoms with Crippen LogP contribution in [0.3, 0.4) is 0 Å². The van der Waals surface area contributed by atoms with Crippen LogP contribution in [0.5, 0.6) is 0 Å². The zero-order valence-electron chi connectivity index (χ0n) is 12.2. The van der Waals surface area contributed by atoms with E-state index in [2.05, 4.69) is 40.8 Å². The van der Waals surface area contributed by atoms with Crippen molar-refractivity contribution in [2.24, 2.45) is 0 Å². The van der Waals surface area contributed by atoms with Gasteiger partial charge in [0.1, 0.15) is 0 Å². The summed E-state index contributed by atoms with van der Waals surface area (Å²) in [7, 11) is 1.92. The highest BCUT2D eigenvalue weighted by molar-refractivity contribution is 7.05. The summed E-state index contributed by atoms with van der Waals surface area (Å²) >= 11 is 7.76. The molecule has 0 fully saturated rings. The molecule has 0 amide bonds. The summed E-state index contributed by atoms with van der Waals surface area (Å²) < 4.78 is 6.07. The Morgan fingerprint density at radius 1 is 1.45 bits per heavy atom. The molecule has 0 radical (unpaired) electrons. The van der Waals surface area contributed by atoms with E-state index in [0.717, 1.165) is 29.2 Å². The molecule has 5 nitrogen and oxygen atoms in total. The first kappa shape index (κ1) is 15.4. The third kappa shape index (κ3) is 2.87. The van der Waals surface area contributed by atoms with Gasteiger partial charge in [0.2, 0.25) is 0 Å². The minimum absolute atomic E-state index is 0.0195. The van der Waals surface area contributed by atoms with E-state index in [9.17, 15) is 0 Å². The van der Waals surface area contributed by atoms with E-state index < -0.39 is 0 Å². The highest BCUT2D eigenvalue weighted by Crippen LogP contribution is 2.33. The molecule has 1 atom stereocenters. The maximum Gasteiger partial charge on any atom is 0.0890 e. The van der Waals surface area contributed by atoms with Crippen molar-refractivity contribution in [3.8, 4) is 0 Å². The van der Waals surface area contributed by atoms with Crippen molar-refractivity contribution in [2.45, 2.75) is 45.7 Å². The molecule has 1 unspecified atom stereocenters. The molecule has 0 aliphatic heterocycles. The Kier molecular flexibility index (Phi) is 5.12. The topological polar surface area (TPSA) is 55.6 Å². The smallest absolute Gasteiger partial charge is 0.0890 e. The summed E-state index contributed by atoms with van der Waals surface area (Å²) in [4.78, 5) is 1.11. The Hall–Kier alpha value is -0.980. The molecule has 0 saturated heterocycles. The van der Waals surface area contributed by atoms with Gasteiger partial charge in [-0.25, -0.2) is 0 Å². The molecule has 2 heterocycles. The van der Waals surface area contributed by atoms with Gasteiger partial charge in [-0.1, -0.05) is 36.9 Å². The summed E-state index contributed by atoms with van der Waals surface area (Å²) in [5.74, 6) is 0.334. The summed E-state index contributed by atoms with van der Waals surface area (Å²) in [6.45, 7) is 7.22. The first-order valence-electron chi connectivity index (χ1n) is 6.80. The molecule has 0 aromatic carbocycles. The summed E-state index contributed by atoms with van der Waals surface area (Å²) in [5.41, 5.74) is 2.01. The van der Waals surface area contributed by atoms with Crippen LogP contribution >= 0.6 is 23.1 Å². The van der Waals surface area contributed by atoms with E-state index in [1.54, 1.807) is 6.20 Å². The molecule has 0 aliphatic carbocycles. The number of nitrogens with one attached hydrogen (secondary N) is 1. The van der Waals surface area contributed by atoms with Gasteiger partial charge < -0.3 is 5.32 Å². The highest BCUT2D eigenvalue weighted by Gasteiger charge is 2.26. The van der Waals surface area contributed by atoms with E-state index in [1.165, 1.54) is 11.5 Å². The maximum absolute atomic E-state index is 6.34. The zero-order chi connectivity index (χ0) is 14.7. The molecule has 7 heteroatoms. The molecule has 2 aromatic heterocycles. The largest absolute Gasteiger partial charge is 0.307 e. The Balaban J connectivity index is 2.47. The van der Waals surface area contributed by atoms with Crippen LogP contribution in [0.4, 0.5) is 0 Å². The minimum Gasteiger partial charge on any atom is -0.307 e. The molecule has 2 rings (SSSR count). The number of aryl methyl sites for hydroxylation is 1. The molecule has 0 bridgehead atoms. The molecule has 0 aliphatic rings. The van der Waals surface area contributed by atoms with Crippen LogP contribution in [0.1, 0.15) is 55.4 Å². The summed E-state index contributed by atoms with van der Waals surface area (Å²) in [6.07, 6.45) is 2.72. The third-order valence-corrected chi connectivity index (χ3v) is 4.28. The lowest BCUT2D eigenvalue weighted by Crippen LogP contribution is -2.22. The Morgan fingerprint density at radius 3 is 2.80 bits per heavy atom. The molecule has 110 valence electrons. The first-order chi connectivity index (χ1) is 9.60. The van der Waals surface area contributed by atoms with Gasteiger partial charge in [0, 0.05) is 6.54 Å². The number of halogens is 1. The van der Waals surface area contributed by atoms with Gasteiger partial charge in [0.15, 0.2) is 0 Å². The van der Waals surface area contributed by atoms with Crippen LogP contribution in [-0.4, -0.2) is 26.4 Å². The number of hydrogen-bond acceptors (Lipinski definition) is 5. The lowest BCUT2D eigenvalue weighted by molar-refractivity contribution is 0.534. The molecule has 0 saturated carbocycles. The van der Waals surface area contributed by atoms with Crippen LogP contribution in [0.25, 0.3) is 0 Å². The van der Waals surface area contributed by atoms with Crippen LogP contribution in [0.2, 0.25) is 5.02 Å².